The van der Waals surface area contributed by atoms with E-state index in [1.807, 2.05) is 45.0 Å². The normalized spacial score (nSPS) is 19.4. The average molecular weight is 366 g/mol. The lowest BCUT2D eigenvalue weighted by Crippen LogP contribution is -2.47. The minimum Gasteiger partial charge on any atom is -0.447 e. The van der Waals surface area contributed by atoms with Crippen LogP contribution in [0.5, 0.6) is 0 Å². The summed E-state index contributed by atoms with van der Waals surface area (Å²) in [5, 5.41) is 1.15. The molecule has 2 aromatic carbocycles. The Balaban J connectivity index is 1.91. The summed E-state index contributed by atoms with van der Waals surface area (Å²) in [6.07, 6.45) is 0.122. The molecule has 0 saturated carbocycles. The Labute approximate surface area is 157 Å². The Morgan fingerprint density at radius 1 is 1.22 bits per heavy atom. The number of hydrogen-bond acceptors (Lipinski definition) is 2. The van der Waals surface area contributed by atoms with E-state index in [4.69, 9.17) is 4.74 Å². The molecule has 5 heteroatoms. The van der Waals surface area contributed by atoms with Gasteiger partial charge in [0.1, 0.15) is 11.9 Å². The lowest BCUT2D eigenvalue weighted by molar-refractivity contribution is 0.0506. The van der Waals surface area contributed by atoms with Gasteiger partial charge in [-0.2, -0.15) is 0 Å². The number of nitrogens with one attached hydrogen (secondary N) is 1. The van der Waals surface area contributed by atoms with Gasteiger partial charge in [0.2, 0.25) is 0 Å². The molecule has 0 bridgehead atoms. The number of nitrogens with zero attached hydrogens (tertiary/aromatic N) is 1. The summed E-state index contributed by atoms with van der Waals surface area (Å²) in [6.45, 7) is 5.68. The molecule has 2 unspecified atom stereocenters. The number of amides is 1. The molecule has 140 valence electrons. The van der Waals surface area contributed by atoms with E-state index in [0.717, 1.165) is 28.6 Å². The van der Waals surface area contributed by atoms with E-state index in [0.29, 0.717) is 0 Å². The van der Waals surface area contributed by atoms with E-state index in [-0.39, 0.29) is 24.1 Å². The van der Waals surface area contributed by atoms with Crippen LogP contribution in [0.2, 0.25) is 0 Å². The third kappa shape index (κ3) is 3.07. The Bertz CT molecular complexity index is 995. The number of carbonyl (C=O) groups excluding carboxylic acids is 1. The molecule has 1 amide bonds. The van der Waals surface area contributed by atoms with Crippen LogP contribution in [0.3, 0.4) is 0 Å². The lowest BCUT2D eigenvalue weighted by atomic mass is 9.89. The van der Waals surface area contributed by atoms with Crippen molar-refractivity contribution in [2.24, 2.45) is 0 Å². The molecule has 2 heterocycles. The largest absolute Gasteiger partial charge is 0.447 e. The molecule has 4 rings (SSSR count). The number of carbonyl (C=O) groups is 1. The number of aromatic nitrogens is 1. The zero-order valence-electron chi connectivity index (χ0n) is 15.7. The van der Waals surface area contributed by atoms with Crippen molar-refractivity contribution in [2.75, 3.05) is 0 Å². The second-order valence-corrected chi connectivity index (χ2v) is 7.41. The number of aromatic amines is 1. The topological polar surface area (TPSA) is 45.3 Å². The van der Waals surface area contributed by atoms with Gasteiger partial charge in [-0.15, -0.1) is 0 Å². The van der Waals surface area contributed by atoms with Crippen molar-refractivity contribution < 1.29 is 13.9 Å². The van der Waals surface area contributed by atoms with Crippen LogP contribution < -0.4 is 0 Å². The SMILES string of the molecule is CC(C)OC(=O)N1C(C)Cc2c([nH]c3ccccc23)C1c1cccc(F)c1. The van der Waals surface area contributed by atoms with Crippen LogP contribution in [-0.2, 0) is 11.2 Å². The predicted molar refractivity (Wildman–Crippen MR) is 103 cm³/mol. The maximum atomic E-state index is 14.0. The molecule has 4 nitrogen and oxygen atoms in total. The van der Waals surface area contributed by atoms with Crippen molar-refractivity contribution in [1.82, 2.24) is 9.88 Å². The molecule has 0 fully saturated rings. The van der Waals surface area contributed by atoms with Crippen molar-refractivity contribution in [3.63, 3.8) is 0 Å². The van der Waals surface area contributed by atoms with Gasteiger partial charge in [0.15, 0.2) is 0 Å². The van der Waals surface area contributed by atoms with Gasteiger partial charge in [0, 0.05) is 22.6 Å². The number of H-pyrrole nitrogens is 1. The van der Waals surface area contributed by atoms with Crippen LogP contribution in [0, 0.1) is 5.82 Å². The smallest absolute Gasteiger partial charge is 0.411 e. The summed E-state index contributed by atoms with van der Waals surface area (Å²) in [7, 11) is 0. The minimum absolute atomic E-state index is 0.0729. The fourth-order valence-electron chi connectivity index (χ4n) is 4.01. The van der Waals surface area contributed by atoms with Gasteiger partial charge >= 0.3 is 6.09 Å². The fraction of sp³-hybridized carbons (Fsp3) is 0.318. The summed E-state index contributed by atoms with van der Waals surface area (Å²) in [5.41, 5.74) is 3.87. The Morgan fingerprint density at radius 3 is 2.74 bits per heavy atom. The number of fused-ring (bicyclic) bond motifs is 3. The molecule has 0 spiro atoms. The van der Waals surface area contributed by atoms with Gasteiger partial charge in [0.25, 0.3) is 0 Å². The Kier molecular flexibility index (Phi) is 4.38. The first-order valence-corrected chi connectivity index (χ1v) is 9.29. The van der Waals surface area contributed by atoms with Crippen LogP contribution in [-0.4, -0.2) is 28.1 Å². The van der Waals surface area contributed by atoms with Crippen molar-refractivity contribution in [1.29, 1.82) is 0 Å². The molecule has 27 heavy (non-hydrogen) atoms. The third-order valence-electron chi connectivity index (χ3n) is 5.08. The molecule has 1 aliphatic rings. The van der Waals surface area contributed by atoms with Gasteiger partial charge < -0.3 is 9.72 Å². The van der Waals surface area contributed by atoms with Crippen LogP contribution in [0.4, 0.5) is 9.18 Å². The number of benzene rings is 2. The van der Waals surface area contributed by atoms with Gasteiger partial charge in [0.05, 0.1) is 6.10 Å². The van der Waals surface area contributed by atoms with Gasteiger partial charge in [-0.05, 0) is 56.5 Å². The zero-order valence-corrected chi connectivity index (χ0v) is 15.7. The Morgan fingerprint density at radius 2 is 2.00 bits per heavy atom. The predicted octanol–water partition coefficient (Wildman–Crippen LogP) is 5.19. The quantitative estimate of drug-likeness (QED) is 0.678. The average Bonchev–Trinajstić information content (AvgIpc) is 2.98. The van der Waals surface area contributed by atoms with Crippen LogP contribution in [0.1, 0.15) is 43.6 Å². The summed E-state index contributed by atoms with van der Waals surface area (Å²) in [5.74, 6) is -0.319. The molecule has 3 aromatic rings. The first-order chi connectivity index (χ1) is 13.0. The van der Waals surface area contributed by atoms with Crippen LogP contribution in [0.25, 0.3) is 10.9 Å². The molecular weight excluding hydrogens is 343 g/mol. The highest BCUT2D eigenvalue weighted by Crippen LogP contribution is 2.41. The van der Waals surface area contributed by atoms with Crippen molar-refractivity contribution in [3.8, 4) is 0 Å². The Hall–Kier alpha value is -2.82. The highest BCUT2D eigenvalue weighted by Gasteiger charge is 2.39. The molecular formula is C22H23FN2O2. The number of hydrogen-bond donors (Lipinski definition) is 1. The number of para-hydroxylation sites is 1. The maximum absolute atomic E-state index is 14.0. The summed E-state index contributed by atoms with van der Waals surface area (Å²) in [4.78, 5) is 18.1. The van der Waals surface area contributed by atoms with Crippen molar-refractivity contribution in [3.05, 3.63) is 71.2 Å². The molecule has 1 N–H and O–H groups in total. The van der Waals surface area contributed by atoms with Gasteiger partial charge in [-0.1, -0.05) is 30.3 Å². The standard InChI is InChI=1S/C22H23FN2O2/c1-13(2)27-22(26)25-14(3)11-18-17-9-4-5-10-19(17)24-20(18)21(25)15-7-6-8-16(23)12-15/h4-10,12-14,21,24H,11H2,1-3H3. The monoisotopic (exact) mass is 366 g/mol. The maximum Gasteiger partial charge on any atom is 0.411 e. The molecule has 2 atom stereocenters. The summed E-state index contributed by atoms with van der Waals surface area (Å²) >= 11 is 0. The number of ether oxygens (including phenoxy) is 1. The summed E-state index contributed by atoms with van der Waals surface area (Å²) < 4.78 is 19.5. The molecule has 0 saturated heterocycles. The number of rotatable bonds is 2. The van der Waals surface area contributed by atoms with Crippen LogP contribution >= 0.6 is 0 Å². The van der Waals surface area contributed by atoms with E-state index in [2.05, 4.69) is 11.1 Å². The minimum atomic E-state index is -0.418. The zero-order chi connectivity index (χ0) is 19.1. The summed E-state index contributed by atoms with van der Waals surface area (Å²) in [6, 6.07) is 14.1. The van der Waals surface area contributed by atoms with E-state index in [1.54, 1.807) is 11.0 Å². The molecule has 0 aliphatic carbocycles. The molecule has 0 radical (unpaired) electrons. The van der Waals surface area contributed by atoms with E-state index < -0.39 is 6.04 Å². The highest BCUT2D eigenvalue weighted by molar-refractivity contribution is 5.86. The van der Waals surface area contributed by atoms with E-state index in [1.165, 1.54) is 17.7 Å². The van der Waals surface area contributed by atoms with E-state index in [9.17, 15) is 9.18 Å². The second-order valence-electron chi connectivity index (χ2n) is 7.41. The first-order valence-electron chi connectivity index (χ1n) is 9.29. The lowest BCUT2D eigenvalue weighted by Gasteiger charge is -2.40. The molecule has 1 aromatic heterocycles. The van der Waals surface area contributed by atoms with Crippen molar-refractivity contribution >= 4 is 17.0 Å². The van der Waals surface area contributed by atoms with Crippen molar-refractivity contribution in [2.45, 2.75) is 45.4 Å². The van der Waals surface area contributed by atoms with E-state index >= 15 is 0 Å². The second kappa shape index (κ2) is 6.72. The van der Waals surface area contributed by atoms with Gasteiger partial charge in [-0.3, -0.25) is 4.90 Å². The first kappa shape index (κ1) is 17.6. The number of halogens is 1. The third-order valence-corrected chi connectivity index (χ3v) is 5.08. The fourth-order valence-corrected chi connectivity index (χ4v) is 4.01. The van der Waals surface area contributed by atoms with Gasteiger partial charge in [-0.25, -0.2) is 9.18 Å². The van der Waals surface area contributed by atoms with Crippen LogP contribution in [0.15, 0.2) is 48.5 Å². The molecule has 1 aliphatic heterocycles. The highest BCUT2D eigenvalue weighted by atomic mass is 19.1.